The Hall–Kier alpha value is -1.61. The van der Waals surface area contributed by atoms with E-state index in [1.807, 2.05) is 38.1 Å². The van der Waals surface area contributed by atoms with Gasteiger partial charge in [0.1, 0.15) is 0 Å². The van der Waals surface area contributed by atoms with Crippen LogP contribution in [0.25, 0.3) is 0 Å². The summed E-state index contributed by atoms with van der Waals surface area (Å²) in [5.41, 5.74) is 2.08. The molecule has 1 aromatic carbocycles. The molecule has 0 aliphatic rings. The fraction of sp³-hybridized carbons (Fsp3) is 0.231. The average molecular weight is 248 g/mol. The molecule has 0 aliphatic heterocycles. The van der Waals surface area contributed by atoms with Gasteiger partial charge in [-0.15, -0.1) is 0 Å². The van der Waals surface area contributed by atoms with E-state index >= 15 is 0 Å². The van der Waals surface area contributed by atoms with Gasteiger partial charge in [0.05, 0.1) is 6.04 Å². The van der Waals surface area contributed by atoms with E-state index in [2.05, 4.69) is 15.3 Å². The number of nitrogens with zero attached hydrogens (tertiary/aromatic N) is 2. The van der Waals surface area contributed by atoms with E-state index in [9.17, 15) is 0 Å². The minimum absolute atomic E-state index is 0.0754. The van der Waals surface area contributed by atoms with Crippen LogP contribution >= 0.6 is 11.6 Å². The maximum atomic E-state index is 6.13. The lowest BCUT2D eigenvalue weighted by atomic mass is 10.1. The Morgan fingerprint density at radius 1 is 1.18 bits per heavy atom. The second-order valence-electron chi connectivity index (χ2n) is 3.97. The summed E-state index contributed by atoms with van der Waals surface area (Å²) >= 11 is 6.13. The first kappa shape index (κ1) is 11.9. The molecule has 0 spiro atoms. The molecule has 0 saturated carbocycles. The van der Waals surface area contributed by atoms with Crippen LogP contribution < -0.4 is 5.32 Å². The first-order valence-corrected chi connectivity index (χ1v) is 5.84. The zero-order valence-electron chi connectivity index (χ0n) is 9.81. The number of halogens is 1. The second kappa shape index (κ2) is 5.15. The van der Waals surface area contributed by atoms with Crippen molar-refractivity contribution in [3.8, 4) is 0 Å². The Kier molecular flexibility index (Phi) is 3.59. The highest BCUT2D eigenvalue weighted by atomic mass is 35.5. The van der Waals surface area contributed by atoms with Crippen LogP contribution in [-0.4, -0.2) is 9.97 Å². The SMILES string of the molecule is Cc1cnc(NC(C)c2ccccc2Cl)nc1. The van der Waals surface area contributed by atoms with Crippen molar-refractivity contribution in [2.24, 2.45) is 0 Å². The van der Waals surface area contributed by atoms with Crippen molar-refractivity contribution in [3.05, 3.63) is 52.8 Å². The van der Waals surface area contributed by atoms with Gasteiger partial charge in [0, 0.05) is 17.4 Å². The Labute approximate surface area is 106 Å². The van der Waals surface area contributed by atoms with E-state index < -0.39 is 0 Å². The summed E-state index contributed by atoms with van der Waals surface area (Å²) in [4.78, 5) is 8.42. The number of aryl methyl sites for hydroxylation is 1. The van der Waals surface area contributed by atoms with Crippen molar-refractivity contribution in [1.29, 1.82) is 0 Å². The zero-order chi connectivity index (χ0) is 12.3. The van der Waals surface area contributed by atoms with Crippen LogP contribution in [0.2, 0.25) is 5.02 Å². The molecule has 4 heteroatoms. The number of rotatable bonds is 3. The van der Waals surface area contributed by atoms with Gasteiger partial charge in [0.25, 0.3) is 0 Å². The third-order valence-corrected chi connectivity index (χ3v) is 2.84. The fourth-order valence-electron chi connectivity index (χ4n) is 1.56. The summed E-state index contributed by atoms with van der Waals surface area (Å²) in [6, 6.07) is 7.83. The highest BCUT2D eigenvalue weighted by Gasteiger charge is 2.09. The minimum atomic E-state index is 0.0754. The molecule has 1 N–H and O–H groups in total. The summed E-state index contributed by atoms with van der Waals surface area (Å²) in [5, 5.41) is 3.97. The lowest BCUT2D eigenvalue weighted by Crippen LogP contribution is -2.09. The number of hydrogen-bond donors (Lipinski definition) is 1. The van der Waals surface area contributed by atoms with Gasteiger partial charge in [-0.2, -0.15) is 0 Å². The van der Waals surface area contributed by atoms with E-state index in [4.69, 9.17) is 11.6 Å². The molecule has 0 bridgehead atoms. The lowest BCUT2D eigenvalue weighted by Gasteiger charge is -2.15. The van der Waals surface area contributed by atoms with E-state index in [-0.39, 0.29) is 6.04 Å². The van der Waals surface area contributed by atoms with Gasteiger partial charge < -0.3 is 5.32 Å². The highest BCUT2D eigenvalue weighted by Crippen LogP contribution is 2.24. The molecule has 0 aliphatic carbocycles. The molecule has 0 radical (unpaired) electrons. The van der Waals surface area contributed by atoms with Crippen LogP contribution in [0.1, 0.15) is 24.1 Å². The van der Waals surface area contributed by atoms with Gasteiger partial charge >= 0.3 is 0 Å². The number of nitrogens with one attached hydrogen (secondary N) is 1. The van der Waals surface area contributed by atoms with Crippen LogP contribution in [0, 0.1) is 6.92 Å². The van der Waals surface area contributed by atoms with Crippen LogP contribution in [0.15, 0.2) is 36.7 Å². The summed E-state index contributed by atoms with van der Waals surface area (Å²) in [6.45, 7) is 3.99. The molecule has 1 aromatic heterocycles. The van der Waals surface area contributed by atoms with Crippen LogP contribution in [0.4, 0.5) is 5.95 Å². The third-order valence-electron chi connectivity index (χ3n) is 2.50. The molecule has 1 heterocycles. The maximum absolute atomic E-state index is 6.13. The molecule has 2 rings (SSSR count). The quantitative estimate of drug-likeness (QED) is 0.900. The van der Waals surface area contributed by atoms with Crippen LogP contribution in [0.5, 0.6) is 0 Å². The van der Waals surface area contributed by atoms with E-state index in [1.54, 1.807) is 12.4 Å². The van der Waals surface area contributed by atoms with Gasteiger partial charge in [0.15, 0.2) is 0 Å². The predicted molar refractivity (Wildman–Crippen MR) is 70.3 cm³/mol. The summed E-state index contributed by atoms with van der Waals surface area (Å²) < 4.78 is 0. The summed E-state index contributed by atoms with van der Waals surface area (Å²) in [5.74, 6) is 0.614. The van der Waals surface area contributed by atoms with Crippen molar-refractivity contribution in [2.75, 3.05) is 5.32 Å². The van der Waals surface area contributed by atoms with E-state index in [0.717, 1.165) is 16.1 Å². The first-order chi connectivity index (χ1) is 8.16. The first-order valence-electron chi connectivity index (χ1n) is 5.46. The van der Waals surface area contributed by atoms with Crippen molar-refractivity contribution in [2.45, 2.75) is 19.9 Å². The fourth-order valence-corrected chi connectivity index (χ4v) is 1.86. The number of hydrogen-bond acceptors (Lipinski definition) is 3. The normalized spacial score (nSPS) is 12.2. The molecule has 1 unspecified atom stereocenters. The Morgan fingerprint density at radius 3 is 2.47 bits per heavy atom. The monoisotopic (exact) mass is 247 g/mol. The van der Waals surface area contributed by atoms with Crippen molar-refractivity contribution >= 4 is 17.5 Å². The number of benzene rings is 1. The molecule has 2 aromatic rings. The van der Waals surface area contributed by atoms with Gasteiger partial charge in [-0.25, -0.2) is 9.97 Å². The molecule has 0 fully saturated rings. The third kappa shape index (κ3) is 2.94. The van der Waals surface area contributed by atoms with E-state index in [0.29, 0.717) is 5.95 Å². The standard InChI is InChI=1S/C13H14ClN3/c1-9-7-15-13(16-8-9)17-10(2)11-5-3-4-6-12(11)14/h3-8,10H,1-2H3,(H,15,16,17). The average Bonchev–Trinajstić information content (AvgIpc) is 2.32. The number of aromatic nitrogens is 2. The molecule has 88 valence electrons. The topological polar surface area (TPSA) is 37.8 Å². The minimum Gasteiger partial charge on any atom is -0.348 e. The molecular formula is C13H14ClN3. The van der Waals surface area contributed by atoms with Crippen LogP contribution in [-0.2, 0) is 0 Å². The van der Waals surface area contributed by atoms with Crippen molar-refractivity contribution in [1.82, 2.24) is 9.97 Å². The predicted octanol–water partition coefficient (Wildman–Crippen LogP) is 3.61. The lowest BCUT2D eigenvalue weighted by molar-refractivity contribution is 0.859. The largest absolute Gasteiger partial charge is 0.348 e. The molecule has 0 saturated heterocycles. The van der Waals surface area contributed by atoms with Gasteiger partial charge in [-0.1, -0.05) is 29.8 Å². The van der Waals surface area contributed by atoms with Crippen LogP contribution in [0.3, 0.4) is 0 Å². The Bertz CT molecular complexity index is 496. The second-order valence-corrected chi connectivity index (χ2v) is 4.38. The maximum Gasteiger partial charge on any atom is 0.223 e. The van der Waals surface area contributed by atoms with Gasteiger partial charge in [0.2, 0.25) is 5.95 Å². The Morgan fingerprint density at radius 2 is 1.82 bits per heavy atom. The smallest absolute Gasteiger partial charge is 0.223 e. The molecule has 17 heavy (non-hydrogen) atoms. The van der Waals surface area contributed by atoms with Gasteiger partial charge in [-0.05, 0) is 31.0 Å². The summed E-state index contributed by atoms with van der Waals surface area (Å²) in [6.07, 6.45) is 3.57. The molecule has 3 nitrogen and oxygen atoms in total. The van der Waals surface area contributed by atoms with Crippen molar-refractivity contribution < 1.29 is 0 Å². The molecule has 1 atom stereocenters. The molecular weight excluding hydrogens is 234 g/mol. The molecule has 0 amide bonds. The van der Waals surface area contributed by atoms with E-state index in [1.165, 1.54) is 0 Å². The summed E-state index contributed by atoms with van der Waals surface area (Å²) in [7, 11) is 0. The number of anilines is 1. The highest BCUT2D eigenvalue weighted by molar-refractivity contribution is 6.31. The van der Waals surface area contributed by atoms with Gasteiger partial charge in [-0.3, -0.25) is 0 Å². The Balaban J connectivity index is 2.14. The zero-order valence-corrected chi connectivity index (χ0v) is 10.6. The van der Waals surface area contributed by atoms with Crippen molar-refractivity contribution in [3.63, 3.8) is 0 Å².